The Kier molecular flexibility index (Phi) is 1.89. The second-order valence-electron chi connectivity index (χ2n) is 4.28. The molecule has 0 aromatic rings. The topological polar surface area (TPSA) is 26.0 Å². The Balaban J connectivity index is 2.14. The van der Waals surface area contributed by atoms with E-state index in [1.54, 1.807) is 0 Å². The van der Waals surface area contributed by atoms with E-state index in [1.165, 1.54) is 25.7 Å². The Morgan fingerprint density at radius 1 is 1.45 bits per heavy atom. The molecule has 3 unspecified atom stereocenters. The average molecular weight is 174 g/mol. The molecule has 0 aromatic heterocycles. The standard InChI is InChI=1S/C9H16ClN/c10-5-9(6-11)4-7-1-2-8(9)3-7/h7-8H,1-6,11H2. The number of alkyl halides is 1. The summed E-state index contributed by atoms with van der Waals surface area (Å²) in [7, 11) is 0. The molecular weight excluding hydrogens is 158 g/mol. The highest BCUT2D eigenvalue weighted by molar-refractivity contribution is 6.18. The first-order valence-corrected chi connectivity index (χ1v) is 5.10. The van der Waals surface area contributed by atoms with Crippen molar-refractivity contribution in [3.8, 4) is 0 Å². The van der Waals surface area contributed by atoms with Crippen molar-refractivity contribution in [2.24, 2.45) is 23.0 Å². The van der Waals surface area contributed by atoms with Crippen LogP contribution in [-0.4, -0.2) is 12.4 Å². The Morgan fingerprint density at radius 2 is 2.27 bits per heavy atom. The van der Waals surface area contributed by atoms with Gasteiger partial charge >= 0.3 is 0 Å². The highest BCUT2D eigenvalue weighted by Gasteiger charge is 2.49. The quantitative estimate of drug-likeness (QED) is 0.636. The molecule has 64 valence electrons. The fourth-order valence-corrected chi connectivity index (χ4v) is 3.46. The van der Waals surface area contributed by atoms with E-state index in [2.05, 4.69) is 0 Å². The van der Waals surface area contributed by atoms with Crippen LogP contribution in [0, 0.1) is 17.3 Å². The van der Waals surface area contributed by atoms with Crippen molar-refractivity contribution in [3.63, 3.8) is 0 Å². The molecule has 2 rings (SSSR count). The number of hydrogen-bond donors (Lipinski definition) is 1. The highest BCUT2D eigenvalue weighted by atomic mass is 35.5. The first-order chi connectivity index (χ1) is 5.30. The van der Waals surface area contributed by atoms with Crippen LogP contribution in [0.3, 0.4) is 0 Å². The number of rotatable bonds is 2. The molecule has 0 saturated heterocycles. The second-order valence-corrected chi connectivity index (χ2v) is 4.55. The van der Waals surface area contributed by atoms with E-state index in [-0.39, 0.29) is 0 Å². The van der Waals surface area contributed by atoms with Crippen LogP contribution in [0.25, 0.3) is 0 Å². The maximum atomic E-state index is 5.98. The smallest absolute Gasteiger partial charge is 0.0294 e. The summed E-state index contributed by atoms with van der Waals surface area (Å²) >= 11 is 5.98. The van der Waals surface area contributed by atoms with E-state index in [9.17, 15) is 0 Å². The van der Waals surface area contributed by atoms with E-state index in [1.807, 2.05) is 0 Å². The van der Waals surface area contributed by atoms with E-state index < -0.39 is 0 Å². The Morgan fingerprint density at radius 3 is 2.55 bits per heavy atom. The monoisotopic (exact) mass is 173 g/mol. The molecule has 0 amide bonds. The predicted octanol–water partition coefficient (Wildman–Crippen LogP) is 1.99. The van der Waals surface area contributed by atoms with Gasteiger partial charge in [-0.1, -0.05) is 6.42 Å². The summed E-state index contributed by atoms with van der Waals surface area (Å²) in [5.74, 6) is 2.60. The van der Waals surface area contributed by atoms with Crippen LogP contribution in [0.5, 0.6) is 0 Å². The highest BCUT2D eigenvalue weighted by Crippen LogP contribution is 2.55. The van der Waals surface area contributed by atoms with Crippen molar-refractivity contribution in [2.75, 3.05) is 12.4 Å². The Bertz CT molecular complexity index is 154. The summed E-state index contributed by atoms with van der Waals surface area (Å²) in [4.78, 5) is 0. The van der Waals surface area contributed by atoms with Crippen molar-refractivity contribution in [1.29, 1.82) is 0 Å². The molecule has 2 aliphatic rings. The molecule has 0 aliphatic heterocycles. The average Bonchev–Trinajstić information content (AvgIpc) is 2.62. The van der Waals surface area contributed by atoms with Gasteiger partial charge in [-0.15, -0.1) is 11.6 Å². The Hall–Kier alpha value is 0.250. The molecule has 0 heterocycles. The summed E-state index contributed by atoms with van der Waals surface area (Å²) < 4.78 is 0. The molecular formula is C9H16ClN. The lowest BCUT2D eigenvalue weighted by molar-refractivity contribution is 0.204. The molecule has 3 atom stereocenters. The number of halogens is 1. The summed E-state index contributed by atoms with van der Waals surface area (Å²) in [6.07, 6.45) is 5.53. The lowest BCUT2D eigenvalue weighted by atomic mass is 9.75. The van der Waals surface area contributed by atoms with Gasteiger partial charge in [0.1, 0.15) is 0 Å². The second kappa shape index (κ2) is 2.63. The van der Waals surface area contributed by atoms with Crippen molar-refractivity contribution >= 4 is 11.6 Å². The number of fused-ring (bicyclic) bond motifs is 2. The first kappa shape index (κ1) is 7.88. The molecule has 1 nitrogen and oxygen atoms in total. The zero-order chi connectivity index (χ0) is 7.90. The molecule has 0 aromatic carbocycles. The molecule has 11 heavy (non-hydrogen) atoms. The van der Waals surface area contributed by atoms with Crippen LogP contribution in [0.4, 0.5) is 0 Å². The van der Waals surface area contributed by atoms with Crippen LogP contribution in [-0.2, 0) is 0 Å². The molecule has 2 fully saturated rings. The largest absolute Gasteiger partial charge is 0.330 e. The lowest BCUT2D eigenvalue weighted by Crippen LogP contribution is -2.37. The van der Waals surface area contributed by atoms with Gasteiger partial charge in [-0.3, -0.25) is 0 Å². The van der Waals surface area contributed by atoms with Crippen LogP contribution >= 0.6 is 11.6 Å². The normalized spacial score (nSPS) is 48.5. The van der Waals surface area contributed by atoms with Gasteiger partial charge in [-0.25, -0.2) is 0 Å². The van der Waals surface area contributed by atoms with Gasteiger partial charge in [-0.2, -0.15) is 0 Å². The van der Waals surface area contributed by atoms with Gasteiger partial charge in [-0.05, 0) is 43.1 Å². The van der Waals surface area contributed by atoms with Crippen molar-refractivity contribution < 1.29 is 0 Å². The summed E-state index contributed by atoms with van der Waals surface area (Å²) in [5.41, 5.74) is 6.12. The van der Waals surface area contributed by atoms with Crippen LogP contribution in [0.15, 0.2) is 0 Å². The molecule has 2 N–H and O–H groups in total. The zero-order valence-corrected chi connectivity index (χ0v) is 7.61. The minimum atomic E-state index is 0.338. The fraction of sp³-hybridized carbons (Fsp3) is 1.00. The van der Waals surface area contributed by atoms with Crippen molar-refractivity contribution in [1.82, 2.24) is 0 Å². The van der Waals surface area contributed by atoms with E-state index >= 15 is 0 Å². The zero-order valence-electron chi connectivity index (χ0n) is 6.85. The van der Waals surface area contributed by atoms with Gasteiger partial charge in [0.05, 0.1) is 0 Å². The molecule has 2 saturated carbocycles. The maximum Gasteiger partial charge on any atom is 0.0294 e. The SMILES string of the molecule is NCC1(CCl)CC2CCC1C2. The summed E-state index contributed by atoms with van der Waals surface area (Å²) in [5, 5.41) is 0. The fourth-order valence-electron chi connectivity index (χ4n) is 3.03. The van der Waals surface area contributed by atoms with Gasteiger partial charge < -0.3 is 5.73 Å². The van der Waals surface area contributed by atoms with Crippen LogP contribution in [0.2, 0.25) is 0 Å². The molecule has 2 aliphatic carbocycles. The Labute approximate surface area is 73.3 Å². The van der Waals surface area contributed by atoms with Gasteiger partial charge in [0.2, 0.25) is 0 Å². The lowest BCUT2D eigenvalue weighted by Gasteiger charge is -2.34. The van der Waals surface area contributed by atoms with Gasteiger partial charge in [0, 0.05) is 5.88 Å². The van der Waals surface area contributed by atoms with Gasteiger partial charge in [0.25, 0.3) is 0 Å². The van der Waals surface area contributed by atoms with E-state index in [0.717, 1.165) is 24.3 Å². The minimum Gasteiger partial charge on any atom is -0.330 e. The van der Waals surface area contributed by atoms with E-state index in [0.29, 0.717) is 5.41 Å². The summed E-state index contributed by atoms with van der Waals surface area (Å²) in [6.45, 7) is 0.803. The van der Waals surface area contributed by atoms with Crippen LogP contribution < -0.4 is 5.73 Å². The number of nitrogens with two attached hydrogens (primary N) is 1. The number of hydrogen-bond acceptors (Lipinski definition) is 1. The van der Waals surface area contributed by atoms with Crippen molar-refractivity contribution in [3.05, 3.63) is 0 Å². The third-order valence-corrected chi connectivity index (χ3v) is 4.31. The minimum absolute atomic E-state index is 0.338. The molecule has 2 heteroatoms. The van der Waals surface area contributed by atoms with Gasteiger partial charge in [0.15, 0.2) is 0 Å². The third-order valence-electron chi connectivity index (χ3n) is 3.78. The van der Waals surface area contributed by atoms with Crippen molar-refractivity contribution in [2.45, 2.75) is 25.7 Å². The molecule has 0 spiro atoms. The third kappa shape index (κ3) is 1.01. The predicted molar refractivity (Wildman–Crippen MR) is 47.7 cm³/mol. The molecule has 2 bridgehead atoms. The van der Waals surface area contributed by atoms with E-state index in [4.69, 9.17) is 17.3 Å². The summed E-state index contributed by atoms with van der Waals surface area (Å²) in [6, 6.07) is 0. The molecule has 0 radical (unpaired) electrons. The first-order valence-electron chi connectivity index (χ1n) is 4.57. The van der Waals surface area contributed by atoms with Crippen LogP contribution in [0.1, 0.15) is 25.7 Å². The maximum absolute atomic E-state index is 5.98.